The third-order valence-electron chi connectivity index (χ3n) is 2.93. The molecule has 0 aliphatic carbocycles. The summed E-state index contributed by atoms with van der Waals surface area (Å²) in [6.45, 7) is 0. The molecular weight excluding hydrogens is 252 g/mol. The summed E-state index contributed by atoms with van der Waals surface area (Å²) in [6.07, 6.45) is 3.71. The Morgan fingerprint density at radius 3 is 2.20 bits per heavy atom. The zero-order valence-electron chi connectivity index (χ0n) is 10.7. The van der Waals surface area contributed by atoms with Gasteiger partial charge in [-0.2, -0.15) is 9.98 Å². The van der Waals surface area contributed by atoms with Crippen LogP contribution in [-0.4, -0.2) is 12.2 Å². The number of rotatable bonds is 5. The Labute approximate surface area is 116 Å². The Morgan fingerprint density at radius 1 is 0.900 bits per heavy atom. The second-order valence-electron chi connectivity index (χ2n) is 4.22. The van der Waals surface area contributed by atoms with Crippen LogP contribution in [0.1, 0.15) is 17.2 Å². The number of hydrogen-bond acceptors (Lipinski definition) is 4. The zero-order valence-corrected chi connectivity index (χ0v) is 10.7. The van der Waals surface area contributed by atoms with Crippen LogP contribution in [0.3, 0.4) is 0 Å². The summed E-state index contributed by atoms with van der Waals surface area (Å²) in [5.74, 6) is 0. The van der Waals surface area contributed by atoms with Gasteiger partial charge in [-0.15, -0.1) is 0 Å². The molecule has 4 nitrogen and oxygen atoms in total. The number of nitrogens with zero attached hydrogens (tertiary/aromatic N) is 2. The Morgan fingerprint density at radius 2 is 1.60 bits per heavy atom. The molecule has 0 fully saturated rings. The van der Waals surface area contributed by atoms with Gasteiger partial charge in [-0.3, -0.25) is 0 Å². The number of isocyanates is 2. The van der Waals surface area contributed by atoms with E-state index in [1.807, 2.05) is 42.5 Å². The van der Waals surface area contributed by atoms with Gasteiger partial charge in [0.05, 0.1) is 11.7 Å². The fourth-order valence-electron chi connectivity index (χ4n) is 1.96. The van der Waals surface area contributed by atoms with Crippen molar-refractivity contribution in [1.82, 2.24) is 0 Å². The molecule has 0 heterocycles. The van der Waals surface area contributed by atoms with Crippen LogP contribution in [0, 0.1) is 0 Å². The number of aliphatic imine (C=N–C) groups is 2. The Balaban J connectivity index is 2.20. The third kappa shape index (κ3) is 3.59. The summed E-state index contributed by atoms with van der Waals surface area (Å²) in [5, 5.41) is 0. The lowest BCUT2D eigenvalue weighted by molar-refractivity contribution is 0.557. The van der Waals surface area contributed by atoms with Crippen LogP contribution >= 0.6 is 0 Å². The molecule has 0 aliphatic rings. The van der Waals surface area contributed by atoms with Crippen LogP contribution in [-0.2, 0) is 16.0 Å². The molecule has 98 valence electrons. The van der Waals surface area contributed by atoms with E-state index in [1.165, 1.54) is 6.08 Å². The maximum absolute atomic E-state index is 10.6. The van der Waals surface area contributed by atoms with Crippen molar-refractivity contribution in [1.29, 1.82) is 0 Å². The molecule has 0 amide bonds. The van der Waals surface area contributed by atoms with Gasteiger partial charge in [0.1, 0.15) is 0 Å². The SMILES string of the molecule is O=C=Nc1ccc(CC(N=C=O)c2ccccc2)cc1. The first-order valence-corrected chi connectivity index (χ1v) is 6.12. The fraction of sp³-hybridized carbons (Fsp3) is 0.125. The molecule has 0 saturated heterocycles. The van der Waals surface area contributed by atoms with Crippen LogP contribution in [0.5, 0.6) is 0 Å². The topological polar surface area (TPSA) is 58.9 Å². The molecular formula is C16H12N2O2. The molecule has 0 aliphatic heterocycles. The van der Waals surface area contributed by atoms with Crippen molar-refractivity contribution in [2.24, 2.45) is 9.98 Å². The van der Waals surface area contributed by atoms with Gasteiger partial charge in [-0.05, 0) is 29.7 Å². The molecule has 2 rings (SSSR count). The lowest BCUT2D eigenvalue weighted by atomic mass is 9.99. The highest BCUT2D eigenvalue weighted by Crippen LogP contribution is 2.23. The summed E-state index contributed by atoms with van der Waals surface area (Å²) >= 11 is 0. The van der Waals surface area contributed by atoms with E-state index < -0.39 is 0 Å². The molecule has 2 aromatic rings. The molecule has 4 heteroatoms. The molecule has 0 radical (unpaired) electrons. The van der Waals surface area contributed by atoms with E-state index in [9.17, 15) is 9.59 Å². The molecule has 0 N–H and O–H groups in total. The van der Waals surface area contributed by atoms with Crippen molar-refractivity contribution in [3.63, 3.8) is 0 Å². The van der Waals surface area contributed by atoms with Gasteiger partial charge in [0.15, 0.2) is 0 Å². The van der Waals surface area contributed by atoms with Crippen molar-refractivity contribution in [3.05, 3.63) is 65.7 Å². The summed E-state index contributed by atoms with van der Waals surface area (Å²) in [4.78, 5) is 28.1. The standard InChI is InChI=1S/C16H12N2O2/c19-11-17-15-8-6-13(7-9-15)10-16(18-12-20)14-4-2-1-3-5-14/h1-9,16H,10H2. The van der Waals surface area contributed by atoms with Gasteiger partial charge in [0.2, 0.25) is 12.2 Å². The van der Waals surface area contributed by atoms with Crippen LogP contribution < -0.4 is 0 Å². The normalized spacial score (nSPS) is 11.0. The van der Waals surface area contributed by atoms with Gasteiger partial charge in [-0.1, -0.05) is 42.5 Å². The van der Waals surface area contributed by atoms with Crippen LogP contribution in [0.4, 0.5) is 5.69 Å². The van der Waals surface area contributed by atoms with E-state index in [4.69, 9.17) is 0 Å². The minimum Gasteiger partial charge on any atom is -0.211 e. The predicted molar refractivity (Wildman–Crippen MR) is 75.2 cm³/mol. The molecule has 0 saturated carbocycles. The maximum atomic E-state index is 10.6. The Hall–Kier alpha value is -2.80. The monoisotopic (exact) mass is 264 g/mol. The number of benzene rings is 2. The van der Waals surface area contributed by atoms with Gasteiger partial charge in [0, 0.05) is 0 Å². The van der Waals surface area contributed by atoms with Crippen molar-refractivity contribution >= 4 is 17.8 Å². The first kappa shape index (κ1) is 13.6. The summed E-state index contributed by atoms with van der Waals surface area (Å²) in [5.41, 5.74) is 2.52. The number of hydrogen-bond donors (Lipinski definition) is 0. The quantitative estimate of drug-likeness (QED) is 0.614. The first-order valence-electron chi connectivity index (χ1n) is 6.12. The zero-order chi connectivity index (χ0) is 14.2. The van der Waals surface area contributed by atoms with E-state index in [0.717, 1.165) is 11.1 Å². The second kappa shape index (κ2) is 6.95. The summed E-state index contributed by atoms with van der Waals surface area (Å²) < 4.78 is 0. The van der Waals surface area contributed by atoms with Gasteiger partial charge in [0.25, 0.3) is 0 Å². The average Bonchev–Trinajstić information content (AvgIpc) is 2.50. The van der Waals surface area contributed by atoms with Crippen molar-refractivity contribution < 1.29 is 9.59 Å². The highest BCUT2D eigenvalue weighted by Gasteiger charge is 2.10. The highest BCUT2D eigenvalue weighted by atomic mass is 16.1. The molecule has 1 atom stereocenters. The molecule has 0 aromatic heterocycles. The van der Waals surface area contributed by atoms with Crippen LogP contribution in [0.25, 0.3) is 0 Å². The molecule has 20 heavy (non-hydrogen) atoms. The molecule has 0 bridgehead atoms. The average molecular weight is 264 g/mol. The largest absolute Gasteiger partial charge is 0.240 e. The number of carbonyl (C=O) groups excluding carboxylic acids is 2. The minimum absolute atomic E-state index is 0.255. The maximum Gasteiger partial charge on any atom is 0.240 e. The van der Waals surface area contributed by atoms with Gasteiger partial charge < -0.3 is 0 Å². The lowest BCUT2D eigenvalue weighted by Crippen LogP contribution is -1.99. The van der Waals surface area contributed by atoms with Crippen LogP contribution in [0.2, 0.25) is 0 Å². The van der Waals surface area contributed by atoms with Crippen molar-refractivity contribution in [2.45, 2.75) is 12.5 Å². The fourth-order valence-corrected chi connectivity index (χ4v) is 1.96. The van der Waals surface area contributed by atoms with E-state index >= 15 is 0 Å². The van der Waals surface area contributed by atoms with E-state index in [2.05, 4.69) is 9.98 Å². The smallest absolute Gasteiger partial charge is 0.211 e. The minimum atomic E-state index is -0.255. The summed E-state index contributed by atoms with van der Waals surface area (Å²) in [7, 11) is 0. The van der Waals surface area contributed by atoms with Gasteiger partial charge in [-0.25, -0.2) is 9.59 Å². The Kier molecular flexibility index (Phi) is 4.74. The van der Waals surface area contributed by atoms with Crippen LogP contribution in [0.15, 0.2) is 64.6 Å². The molecule has 1 unspecified atom stereocenters. The van der Waals surface area contributed by atoms with Crippen molar-refractivity contribution in [3.8, 4) is 0 Å². The lowest BCUT2D eigenvalue weighted by Gasteiger charge is -2.11. The van der Waals surface area contributed by atoms with E-state index in [0.29, 0.717) is 12.1 Å². The molecule has 0 spiro atoms. The first-order chi connectivity index (χ1) is 9.83. The summed E-state index contributed by atoms with van der Waals surface area (Å²) in [6, 6.07) is 16.5. The van der Waals surface area contributed by atoms with E-state index in [1.54, 1.807) is 18.2 Å². The van der Waals surface area contributed by atoms with E-state index in [-0.39, 0.29) is 6.04 Å². The Bertz CT molecular complexity index is 653. The van der Waals surface area contributed by atoms with Crippen molar-refractivity contribution in [2.75, 3.05) is 0 Å². The van der Waals surface area contributed by atoms with Gasteiger partial charge >= 0.3 is 0 Å². The highest BCUT2D eigenvalue weighted by molar-refractivity contribution is 5.49. The predicted octanol–water partition coefficient (Wildman–Crippen LogP) is 3.27. The third-order valence-corrected chi connectivity index (χ3v) is 2.93. The molecule has 2 aromatic carbocycles. The second-order valence-corrected chi connectivity index (χ2v) is 4.22.